The third kappa shape index (κ3) is 1.74. The van der Waals surface area contributed by atoms with Crippen LogP contribution < -0.4 is 5.32 Å². The Balaban J connectivity index is 1.90. The summed E-state index contributed by atoms with van der Waals surface area (Å²) in [6, 6.07) is -0.464. The molecular formula is C13H16FN3O3. The number of ether oxygens (including phenoxy) is 1. The Hall–Kier alpha value is -1.57. The Morgan fingerprint density at radius 2 is 2.30 bits per heavy atom. The molecule has 5 unspecified atom stereocenters. The molecule has 2 heterocycles. The number of aliphatic hydroxyl groups excluding tert-OH is 2. The van der Waals surface area contributed by atoms with Gasteiger partial charge in [-0.1, -0.05) is 12.2 Å². The van der Waals surface area contributed by atoms with E-state index in [1.54, 1.807) is 12.2 Å². The molecule has 0 aromatic heterocycles. The average Bonchev–Trinajstić information content (AvgIpc) is 2.92. The fourth-order valence-electron chi connectivity index (χ4n) is 2.87. The van der Waals surface area contributed by atoms with E-state index in [4.69, 9.17) is 15.3 Å². The largest absolute Gasteiger partial charge is 0.394 e. The second-order valence-corrected chi connectivity index (χ2v) is 5.32. The van der Waals surface area contributed by atoms with Crippen molar-refractivity contribution in [3.8, 4) is 0 Å². The van der Waals surface area contributed by atoms with Gasteiger partial charge in [-0.25, -0.2) is 4.39 Å². The number of nitrogens with one attached hydrogen (secondary N) is 2. The van der Waals surface area contributed by atoms with Crippen LogP contribution in [-0.4, -0.2) is 59.0 Å². The highest BCUT2D eigenvalue weighted by Crippen LogP contribution is 2.42. The maximum atomic E-state index is 14.7. The predicted octanol–water partition coefficient (Wildman–Crippen LogP) is -0.321. The zero-order valence-corrected chi connectivity index (χ0v) is 10.9. The summed E-state index contributed by atoms with van der Waals surface area (Å²) in [5.74, 6) is 0.217. The maximum Gasteiger partial charge on any atom is 0.166 e. The number of nitrogens with zero attached hydrogens (tertiary/aromatic N) is 1. The first kappa shape index (κ1) is 13.4. The van der Waals surface area contributed by atoms with E-state index in [1.165, 1.54) is 13.3 Å². The Morgan fingerprint density at radius 3 is 2.95 bits per heavy atom. The number of alkyl halides is 1. The summed E-state index contributed by atoms with van der Waals surface area (Å²) in [6.07, 6.45) is 1.43. The van der Waals surface area contributed by atoms with Crippen LogP contribution in [0, 0.1) is 5.41 Å². The van der Waals surface area contributed by atoms with Gasteiger partial charge >= 0.3 is 0 Å². The molecule has 6 nitrogen and oxygen atoms in total. The topological polar surface area (TPSA) is 97.9 Å². The first-order valence-corrected chi connectivity index (χ1v) is 6.39. The van der Waals surface area contributed by atoms with Crippen molar-refractivity contribution in [2.24, 2.45) is 4.99 Å². The lowest BCUT2D eigenvalue weighted by Crippen LogP contribution is -2.44. The first-order valence-electron chi connectivity index (χ1n) is 6.39. The number of fused-ring (bicyclic) bond motifs is 1. The van der Waals surface area contributed by atoms with Crippen molar-refractivity contribution < 1.29 is 19.3 Å². The van der Waals surface area contributed by atoms with Crippen molar-refractivity contribution in [2.75, 3.05) is 6.61 Å². The van der Waals surface area contributed by atoms with E-state index in [2.05, 4.69) is 10.3 Å². The number of hydrogen-bond donors (Lipinski definition) is 4. The minimum absolute atomic E-state index is 0.217. The normalized spacial score (nSPS) is 43.1. The van der Waals surface area contributed by atoms with Gasteiger partial charge in [0, 0.05) is 5.57 Å². The number of rotatable bonds is 2. The second kappa shape index (κ2) is 4.47. The van der Waals surface area contributed by atoms with Gasteiger partial charge in [0.1, 0.15) is 30.2 Å². The fourth-order valence-corrected chi connectivity index (χ4v) is 2.87. The molecule has 5 atom stereocenters. The molecule has 1 aliphatic carbocycles. The van der Waals surface area contributed by atoms with Crippen molar-refractivity contribution in [2.45, 2.75) is 36.9 Å². The third-order valence-electron chi connectivity index (χ3n) is 4.02. The van der Waals surface area contributed by atoms with Crippen LogP contribution in [0.1, 0.15) is 6.92 Å². The van der Waals surface area contributed by atoms with Gasteiger partial charge in [-0.15, -0.1) is 0 Å². The standard InChI is InChI=1S/C13H16FN3O3/c1-13(14)10(19)8(4-18)20-11(13)6-2-3-7-9(6)16-5-17-12(7)15/h2-3,5,8-11,18-19H,4H2,1H3,(H2,15,16,17). The second-order valence-electron chi connectivity index (χ2n) is 5.32. The zero-order chi connectivity index (χ0) is 14.5. The number of aliphatic hydroxyl groups is 2. The van der Waals surface area contributed by atoms with Crippen molar-refractivity contribution in [1.82, 2.24) is 5.32 Å². The molecular weight excluding hydrogens is 265 g/mol. The van der Waals surface area contributed by atoms with Crippen molar-refractivity contribution in [1.29, 1.82) is 5.41 Å². The Bertz CT molecular complexity index is 541. The molecule has 0 bridgehead atoms. The van der Waals surface area contributed by atoms with Crippen molar-refractivity contribution in [3.63, 3.8) is 0 Å². The third-order valence-corrected chi connectivity index (χ3v) is 4.02. The van der Waals surface area contributed by atoms with Crippen molar-refractivity contribution in [3.05, 3.63) is 23.3 Å². The number of aliphatic imine (C=N–C) groups is 1. The van der Waals surface area contributed by atoms with E-state index in [1.807, 2.05) is 0 Å². The predicted molar refractivity (Wildman–Crippen MR) is 70.6 cm³/mol. The maximum absolute atomic E-state index is 14.7. The lowest BCUT2D eigenvalue weighted by atomic mass is 9.87. The number of amidine groups is 1. The lowest BCUT2D eigenvalue weighted by molar-refractivity contribution is -0.0149. The van der Waals surface area contributed by atoms with Gasteiger partial charge in [-0.05, 0) is 12.5 Å². The molecule has 3 aliphatic rings. The van der Waals surface area contributed by atoms with Gasteiger partial charge in [-0.3, -0.25) is 10.4 Å². The number of hydrogen-bond acceptors (Lipinski definition) is 5. The summed E-state index contributed by atoms with van der Waals surface area (Å²) in [6.45, 7) is 0.809. The number of allylic oxidation sites excluding steroid dienone is 2. The molecule has 2 aliphatic heterocycles. The summed E-state index contributed by atoms with van der Waals surface area (Å²) in [7, 11) is 0. The van der Waals surface area contributed by atoms with Crippen LogP contribution in [0.3, 0.4) is 0 Å². The minimum atomic E-state index is -2.01. The molecule has 4 N–H and O–H groups in total. The van der Waals surface area contributed by atoms with E-state index in [9.17, 15) is 9.50 Å². The van der Waals surface area contributed by atoms with Crippen LogP contribution in [0.15, 0.2) is 28.3 Å². The molecule has 1 fully saturated rings. The Kier molecular flexibility index (Phi) is 3.00. The van der Waals surface area contributed by atoms with Crippen LogP contribution in [0.5, 0.6) is 0 Å². The highest BCUT2D eigenvalue weighted by molar-refractivity contribution is 6.06. The van der Waals surface area contributed by atoms with Crippen LogP contribution in [0.4, 0.5) is 4.39 Å². The van der Waals surface area contributed by atoms with Crippen LogP contribution in [-0.2, 0) is 4.74 Å². The van der Waals surface area contributed by atoms with Crippen LogP contribution in [0.25, 0.3) is 0 Å². The van der Waals surface area contributed by atoms with E-state index >= 15 is 0 Å². The molecule has 0 aromatic rings. The molecule has 3 rings (SSSR count). The van der Waals surface area contributed by atoms with Gasteiger partial charge in [0.15, 0.2) is 5.67 Å². The van der Waals surface area contributed by atoms with E-state index < -0.39 is 36.6 Å². The average molecular weight is 281 g/mol. The summed E-state index contributed by atoms with van der Waals surface area (Å²) in [4.78, 5) is 4.21. The first-order chi connectivity index (χ1) is 9.46. The molecule has 1 saturated heterocycles. The van der Waals surface area contributed by atoms with E-state index in [0.29, 0.717) is 11.1 Å². The van der Waals surface area contributed by atoms with Gasteiger partial charge < -0.3 is 20.3 Å². The number of halogens is 1. The SMILES string of the molecule is CC1(F)C(C2=CC=C3C(=N)NC=NC32)OC(CO)C1O. The molecule has 7 heteroatoms. The molecule has 0 amide bonds. The highest BCUT2D eigenvalue weighted by Gasteiger charge is 2.56. The Morgan fingerprint density at radius 1 is 1.55 bits per heavy atom. The molecule has 0 saturated carbocycles. The van der Waals surface area contributed by atoms with Crippen LogP contribution in [0.2, 0.25) is 0 Å². The lowest BCUT2D eigenvalue weighted by Gasteiger charge is -2.29. The fraction of sp³-hybridized carbons (Fsp3) is 0.538. The summed E-state index contributed by atoms with van der Waals surface area (Å²) in [5, 5.41) is 29.5. The smallest absolute Gasteiger partial charge is 0.166 e. The molecule has 0 spiro atoms. The summed E-state index contributed by atoms with van der Waals surface area (Å²) >= 11 is 0. The van der Waals surface area contributed by atoms with Gasteiger partial charge in [0.25, 0.3) is 0 Å². The zero-order valence-electron chi connectivity index (χ0n) is 10.9. The van der Waals surface area contributed by atoms with Gasteiger partial charge in [-0.2, -0.15) is 0 Å². The summed E-state index contributed by atoms with van der Waals surface area (Å²) < 4.78 is 20.2. The van der Waals surface area contributed by atoms with Gasteiger partial charge in [0.05, 0.1) is 12.9 Å². The molecule has 0 radical (unpaired) electrons. The monoisotopic (exact) mass is 281 g/mol. The van der Waals surface area contributed by atoms with Crippen molar-refractivity contribution >= 4 is 12.2 Å². The molecule has 0 aromatic carbocycles. The minimum Gasteiger partial charge on any atom is -0.394 e. The van der Waals surface area contributed by atoms with Gasteiger partial charge in [0.2, 0.25) is 0 Å². The van der Waals surface area contributed by atoms with E-state index in [-0.39, 0.29) is 5.84 Å². The van der Waals surface area contributed by atoms with Crippen LogP contribution >= 0.6 is 0 Å². The highest BCUT2D eigenvalue weighted by atomic mass is 19.1. The van der Waals surface area contributed by atoms with E-state index in [0.717, 1.165) is 0 Å². The quantitative estimate of drug-likeness (QED) is 0.557. The summed E-state index contributed by atoms with van der Waals surface area (Å²) in [5.41, 5.74) is -0.809. The molecule has 20 heavy (non-hydrogen) atoms. The molecule has 108 valence electrons. The Labute approximate surface area is 115 Å².